The van der Waals surface area contributed by atoms with E-state index in [4.69, 9.17) is 5.11 Å². The molecule has 0 unspecified atom stereocenters. The second-order valence-electron chi connectivity index (χ2n) is 4.24. The molecule has 0 spiro atoms. The minimum atomic E-state index is -0.418. The van der Waals surface area contributed by atoms with Gasteiger partial charge in [0.25, 0.3) is 0 Å². The van der Waals surface area contributed by atoms with Crippen LogP contribution in [0.5, 0.6) is 0 Å². The SMILES string of the molecule is Cc1cc(F)cc2c(=O)c(Br)c(CCO)n(C)c12. The quantitative estimate of drug-likeness (QED) is 0.924. The molecular formula is C13H13BrFNO2. The molecule has 1 heterocycles. The van der Waals surface area contributed by atoms with Gasteiger partial charge < -0.3 is 9.67 Å². The number of aromatic nitrogens is 1. The normalized spacial score (nSPS) is 11.2. The largest absolute Gasteiger partial charge is 0.396 e. The van der Waals surface area contributed by atoms with E-state index >= 15 is 0 Å². The molecule has 0 radical (unpaired) electrons. The Bertz CT molecular complexity index is 679. The average molecular weight is 314 g/mol. The van der Waals surface area contributed by atoms with E-state index in [1.54, 1.807) is 6.92 Å². The third-order valence-corrected chi connectivity index (χ3v) is 3.87. The predicted octanol–water partition coefficient (Wildman–Crippen LogP) is 2.28. The standard InChI is InChI=1S/C13H13BrFNO2/c1-7-5-8(15)6-9-12(7)16(2)10(3-4-17)11(14)13(9)18/h5-6,17H,3-4H2,1-2H3. The highest BCUT2D eigenvalue weighted by Gasteiger charge is 2.15. The van der Waals surface area contributed by atoms with E-state index in [9.17, 15) is 9.18 Å². The van der Waals surface area contributed by atoms with Gasteiger partial charge in [-0.05, 0) is 40.5 Å². The Morgan fingerprint density at radius 2 is 2.11 bits per heavy atom. The zero-order valence-corrected chi connectivity index (χ0v) is 11.7. The highest BCUT2D eigenvalue weighted by molar-refractivity contribution is 9.10. The lowest BCUT2D eigenvalue weighted by Crippen LogP contribution is -2.16. The molecule has 0 bridgehead atoms. The number of hydrogen-bond donors (Lipinski definition) is 1. The van der Waals surface area contributed by atoms with Gasteiger partial charge in [0.2, 0.25) is 5.43 Å². The van der Waals surface area contributed by atoms with Crippen LogP contribution in [0.1, 0.15) is 11.3 Å². The molecule has 0 fully saturated rings. The van der Waals surface area contributed by atoms with Crippen LogP contribution in [0.3, 0.4) is 0 Å². The maximum atomic E-state index is 13.4. The smallest absolute Gasteiger partial charge is 0.203 e. The first kappa shape index (κ1) is 13.2. The third-order valence-electron chi connectivity index (χ3n) is 3.05. The first-order chi connectivity index (χ1) is 8.47. The van der Waals surface area contributed by atoms with Crippen LogP contribution in [0, 0.1) is 12.7 Å². The molecule has 0 aliphatic rings. The predicted molar refractivity (Wildman–Crippen MR) is 72.4 cm³/mol. The molecule has 0 amide bonds. The van der Waals surface area contributed by atoms with Gasteiger partial charge in [0.1, 0.15) is 5.82 Å². The summed E-state index contributed by atoms with van der Waals surface area (Å²) < 4.78 is 15.6. The molecule has 0 aliphatic heterocycles. The number of pyridine rings is 1. The molecule has 3 nitrogen and oxygen atoms in total. The van der Waals surface area contributed by atoms with Crippen molar-refractivity contribution in [2.24, 2.45) is 7.05 Å². The van der Waals surface area contributed by atoms with Crippen LogP contribution in [0.4, 0.5) is 4.39 Å². The van der Waals surface area contributed by atoms with Crippen LogP contribution in [0.15, 0.2) is 21.4 Å². The highest BCUT2D eigenvalue weighted by atomic mass is 79.9. The summed E-state index contributed by atoms with van der Waals surface area (Å²) in [4.78, 5) is 12.2. The van der Waals surface area contributed by atoms with E-state index in [1.807, 2.05) is 11.6 Å². The maximum Gasteiger partial charge on any atom is 0.203 e. The van der Waals surface area contributed by atoms with Gasteiger partial charge in [0.05, 0.1) is 15.4 Å². The first-order valence-electron chi connectivity index (χ1n) is 5.55. The van der Waals surface area contributed by atoms with Crippen molar-refractivity contribution < 1.29 is 9.50 Å². The summed E-state index contributed by atoms with van der Waals surface area (Å²) in [6.07, 6.45) is 0.374. The second-order valence-corrected chi connectivity index (χ2v) is 5.03. The van der Waals surface area contributed by atoms with Crippen molar-refractivity contribution in [3.05, 3.63) is 43.9 Å². The van der Waals surface area contributed by atoms with Gasteiger partial charge in [-0.2, -0.15) is 0 Å². The lowest BCUT2D eigenvalue weighted by Gasteiger charge is -2.15. The number of benzene rings is 1. The van der Waals surface area contributed by atoms with Crippen molar-refractivity contribution in [3.63, 3.8) is 0 Å². The monoisotopic (exact) mass is 313 g/mol. The molecule has 5 heteroatoms. The molecule has 2 rings (SSSR count). The fourth-order valence-electron chi connectivity index (χ4n) is 2.27. The van der Waals surface area contributed by atoms with E-state index in [0.29, 0.717) is 33.1 Å². The van der Waals surface area contributed by atoms with Crippen LogP contribution in [0.25, 0.3) is 10.9 Å². The molecule has 2 aromatic rings. The van der Waals surface area contributed by atoms with Gasteiger partial charge in [-0.1, -0.05) is 0 Å². The van der Waals surface area contributed by atoms with E-state index in [1.165, 1.54) is 12.1 Å². The molecule has 1 aromatic heterocycles. The first-order valence-corrected chi connectivity index (χ1v) is 6.34. The van der Waals surface area contributed by atoms with Crippen LogP contribution in [-0.2, 0) is 13.5 Å². The van der Waals surface area contributed by atoms with Gasteiger partial charge in [-0.3, -0.25) is 4.79 Å². The molecule has 0 aliphatic carbocycles. The fourth-order valence-corrected chi connectivity index (χ4v) is 2.95. The fraction of sp³-hybridized carbons (Fsp3) is 0.308. The number of halogens is 2. The van der Waals surface area contributed by atoms with Crippen LogP contribution in [0.2, 0.25) is 0 Å². The van der Waals surface area contributed by atoms with E-state index < -0.39 is 5.82 Å². The molecular weight excluding hydrogens is 301 g/mol. The summed E-state index contributed by atoms with van der Waals surface area (Å²) in [5, 5.41) is 9.40. The Kier molecular flexibility index (Phi) is 3.54. The zero-order chi connectivity index (χ0) is 13.4. The average Bonchev–Trinajstić information content (AvgIpc) is 2.31. The molecule has 0 saturated heterocycles. The number of fused-ring (bicyclic) bond motifs is 1. The van der Waals surface area contributed by atoms with Crippen molar-refractivity contribution in [1.29, 1.82) is 0 Å². The number of rotatable bonds is 2. The summed E-state index contributed by atoms with van der Waals surface area (Å²) in [5.41, 5.74) is 1.88. The third kappa shape index (κ3) is 1.97. The summed E-state index contributed by atoms with van der Waals surface area (Å²) in [6, 6.07) is 2.65. The Morgan fingerprint density at radius 1 is 1.44 bits per heavy atom. The Morgan fingerprint density at radius 3 is 2.72 bits per heavy atom. The molecule has 18 heavy (non-hydrogen) atoms. The topological polar surface area (TPSA) is 42.2 Å². The number of aliphatic hydroxyl groups is 1. The minimum Gasteiger partial charge on any atom is -0.396 e. The van der Waals surface area contributed by atoms with Crippen molar-refractivity contribution in [2.45, 2.75) is 13.3 Å². The highest BCUT2D eigenvalue weighted by Crippen LogP contribution is 2.23. The van der Waals surface area contributed by atoms with Crippen molar-refractivity contribution >= 4 is 26.8 Å². The lowest BCUT2D eigenvalue weighted by molar-refractivity contribution is 0.296. The minimum absolute atomic E-state index is 0.0440. The zero-order valence-electron chi connectivity index (χ0n) is 10.1. The van der Waals surface area contributed by atoms with Gasteiger partial charge in [0, 0.05) is 25.8 Å². The van der Waals surface area contributed by atoms with Crippen molar-refractivity contribution in [2.75, 3.05) is 6.61 Å². The summed E-state index contributed by atoms with van der Waals surface area (Å²) in [6.45, 7) is 1.72. The number of hydrogen-bond acceptors (Lipinski definition) is 2. The van der Waals surface area contributed by atoms with E-state index in [2.05, 4.69) is 15.9 Å². The number of nitrogens with zero attached hydrogens (tertiary/aromatic N) is 1. The molecule has 1 aromatic carbocycles. The van der Waals surface area contributed by atoms with Crippen molar-refractivity contribution in [1.82, 2.24) is 4.57 Å². The van der Waals surface area contributed by atoms with Gasteiger partial charge in [-0.15, -0.1) is 0 Å². The van der Waals surface area contributed by atoms with E-state index in [0.717, 1.165) is 0 Å². The number of aryl methyl sites for hydroxylation is 2. The Balaban J connectivity index is 2.98. The molecule has 1 N–H and O–H groups in total. The summed E-state index contributed by atoms with van der Waals surface area (Å²) >= 11 is 3.24. The maximum absolute atomic E-state index is 13.4. The summed E-state index contributed by atoms with van der Waals surface area (Å²) in [5.74, 6) is -0.418. The van der Waals surface area contributed by atoms with Crippen LogP contribution in [-0.4, -0.2) is 16.3 Å². The van der Waals surface area contributed by atoms with Crippen molar-refractivity contribution in [3.8, 4) is 0 Å². The second kappa shape index (κ2) is 4.82. The Hall–Kier alpha value is -1.20. The molecule has 0 atom stereocenters. The number of aliphatic hydroxyl groups excluding tert-OH is 1. The molecule has 0 saturated carbocycles. The van der Waals surface area contributed by atoms with Gasteiger partial charge >= 0.3 is 0 Å². The molecule has 96 valence electrons. The Labute approximate surface area is 112 Å². The van der Waals surface area contributed by atoms with E-state index in [-0.39, 0.29) is 12.0 Å². The van der Waals surface area contributed by atoms with Gasteiger partial charge in [0.15, 0.2) is 0 Å². The lowest BCUT2D eigenvalue weighted by atomic mass is 10.1. The van der Waals surface area contributed by atoms with Crippen LogP contribution >= 0.6 is 15.9 Å². The van der Waals surface area contributed by atoms with Crippen LogP contribution < -0.4 is 5.43 Å². The van der Waals surface area contributed by atoms with Gasteiger partial charge in [-0.25, -0.2) is 4.39 Å². The summed E-state index contributed by atoms with van der Waals surface area (Å²) in [7, 11) is 1.81.